The van der Waals surface area contributed by atoms with E-state index in [4.69, 9.17) is 0 Å². The lowest BCUT2D eigenvalue weighted by Crippen LogP contribution is -2.26. The van der Waals surface area contributed by atoms with E-state index in [-0.39, 0.29) is 12.5 Å². The molecule has 3 aromatic rings. The maximum atomic E-state index is 12.0. The summed E-state index contributed by atoms with van der Waals surface area (Å²) < 4.78 is 1.77. The first-order chi connectivity index (χ1) is 11.1. The molecule has 0 fully saturated rings. The maximum Gasteiger partial charge on any atom is 0.240 e. The van der Waals surface area contributed by atoms with Gasteiger partial charge in [-0.05, 0) is 19.4 Å². The van der Waals surface area contributed by atoms with Crippen molar-refractivity contribution in [1.29, 1.82) is 0 Å². The SMILES string of the molecule is Cc1ccc(CNC(=O)Cn2cnc(-c3nc(C)cs3)c2)cc1. The van der Waals surface area contributed by atoms with Crippen LogP contribution in [0.25, 0.3) is 10.7 Å². The van der Waals surface area contributed by atoms with Gasteiger partial charge in [-0.3, -0.25) is 4.79 Å². The lowest BCUT2D eigenvalue weighted by molar-refractivity contribution is -0.121. The third kappa shape index (κ3) is 4.04. The summed E-state index contributed by atoms with van der Waals surface area (Å²) in [5, 5.41) is 5.78. The van der Waals surface area contributed by atoms with Crippen molar-refractivity contribution >= 4 is 17.2 Å². The monoisotopic (exact) mass is 326 g/mol. The van der Waals surface area contributed by atoms with E-state index in [1.807, 2.05) is 49.7 Å². The predicted octanol–water partition coefficient (Wildman–Crippen LogP) is 2.94. The van der Waals surface area contributed by atoms with Crippen molar-refractivity contribution in [3.63, 3.8) is 0 Å². The molecule has 0 aliphatic carbocycles. The van der Waals surface area contributed by atoms with E-state index in [0.717, 1.165) is 22.0 Å². The van der Waals surface area contributed by atoms with Crippen LogP contribution in [0, 0.1) is 13.8 Å². The lowest BCUT2D eigenvalue weighted by Gasteiger charge is -2.06. The Morgan fingerprint density at radius 1 is 1.26 bits per heavy atom. The highest BCUT2D eigenvalue weighted by Crippen LogP contribution is 2.21. The van der Waals surface area contributed by atoms with Gasteiger partial charge in [0, 0.05) is 23.8 Å². The molecule has 2 heterocycles. The van der Waals surface area contributed by atoms with Gasteiger partial charge in [-0.15, -0.1) is 11.3 Å². The summed E-state index contributed by atoms with van der Waals surface area (Å²) in [4.78, 5) is 20.7. The van der Waals surface area contributed by atoms with Crippen molar-refractivity contribution in [2.45, 2.75) is 26.9 Å². The van der Waals surface area contributed by atoms with Gasteiger partial charge in [0.15, 0.2) is 0 Å². The van der Waals surface area contributed by atoms with Crippen LogP contribution >= 0.6 is 11.3 Å². The number of nitrogens with zero attached hydrogens (tertiary/aromatic N) is 3. The van der Waals surface area contributed by atoms with Crippen LogP contribution in [-0.4, -0.2) is 20.4 Å². The van der Waals surface area contributed by atoms with Gasteiger partial charge in [0.1, 0.15) is 17.2 Å². The normalized spacial score (nSPS) is 10.7. The number of amides is 1. The molecular weight excluding hydrogens is 308 g/mol. The fourth-order valence-electron chi connectivity index (χ4n) is 2.16. The molecule has 0 bridgehead atoms. The first-order valence-corrected chi connectivity index (χ1v) is 8.24. The minimum Gasteiger partial charge on any atom is -0.350 e. The van der Waals surface area contributed by atoms with Crippen LogP contribution in [0.5, 0.6) is 0 Å². The Balaban J connectivity index is 1.56. The van der Waals surface area contributed by atoms with Crippen LogP contribution in [0.15, 0.2) is 42.2 Å². The van der Waals surface area contributed by atoms with Gasteiger partial charge < -0.3 is 9.88 Å². The molecule has 0 aliphatic rings. The smallest absolute Gasteiger partial charge is 0.240 e. The fourth-order valence-corrected chi connectivity index (χ4v) is 2.91. The highest BCUT2D eigenvalue weighted by molar-refractivity contribution is 7.13. The first-order valence-electron chi connectivity index (χ1n) is 7.36. The second-order valence-corrected chi connectivity index (χ2v) is 6.35. The summed E-state index contributed by atoms with van der Waals surface area (Å²) in [6, 6.07) is 8.13. The molecule has 23 heavy (non-hydrogen) atoms. The van der Waals surface area contributed by atoms with E-state index in [1.165, 1.54) is 5.56 Å². The molecule has 2 aromatic heterocycles. The molecule has 1 N–H and O–H groups in total. The molecule has 0 saturated carbocycles. The molecule has 0 saturated heterocycles. The minimum atomic E-state index is -0.0372. The Morgan fingerprint density at radius 3 is 2.74 bits per heavy atom. The van der Waals surface area contributed by atoms with Gasteiger partial charge in [-0.1, -0.05) is 29.8 Å². The molecule has 1 amide bonds. The molecule has 0 atom stereocenters. The fraction of sp³-hybridized carbons (Fsp3) is 0.235. The summed E-state index contributed by atoms with van der Waals surface area (Å²) in [7, 11) is 0. The van der Waals surface area contributed by atoms with Gasteiger partial charge in [-0.2, -0.15) is 0 Å². The van der Waals surface area contributed by atoms with E-state index in [9.17, 15) is 4.79 Å². The Kier molecular flexibility index (Phi) is 4.52. The molecule has 1 aromatic carbocycles. The standard InChI is InChI=1S/C17H18N4OS/c1-12-3-5-14(6-4-12)7-18-16(22)9-21-8-15(19-11-21)17-20-13(2)10-23-17/h3-6,8,10-11H,7,9H2,1-2H3,(H,18,22). The number of aryl methyl sites for hydroxylation is 2. The number of aromatic nitrogens is 3. The maximum absolute atomic E-state index is 12.0. The number of carbonyl (C=O) groups excluding carboxylic acids is 1. The summed E-state index contributed by atoms with van der Waals surface area (Å²) >= 11 is 1.56. The average Bonchev–Trinajstić information content (AvgIpc) is 3.16. The second-order valence-electron chi connectivity index (χ2n) is 5.49. The van der Waals surface area contributed by atoms with E-state index in [1.54, 1.807) is 22.2 Å². The second kappa shape index (κ2) is 6.75. The number of imidazole rings is 1. The third-order valence-corrected chi connectivity index (χ3v) is 4.39. The molecular formula is C17H18N4OS. The summed E-state index contributed by atoms with van der Waals surface area (Å²) in [5.74, 6) is -0.0372. The average molecular weight is 326 g/mol. The van der Waals surface area contributed by atoms with E-state index in [2.05, 4.69) is 15.3 Å². The summed E-state index contributed by atoms with van der Waals surface area (Å²) in [6.07, 6.45) is 3.52. The predicted molar refractivity (Wildman–Crippen MR) is 91.1 cm³/mol. The Bertz CT molecular complexity index is 804. The largest absolute Gasteiger partial charge is 0.350 e. The number of hydrogen-bond donors (Lipinski definition) is 1. The zero-order valence-electron chi connectivity index (χ0n) is 13.1. The molecule has 0 spiro atoms. The molecule has 118 valence electrons. The molecule has 0 aliphatic heterocycles. The summed E-state index contributed by atoms with van der Waals surface area (Å²) in [5.41, 5.74) is 4.09. The quantitative estimate of drug-likeness (QED) is 0.784. The number of thiazole rings is 1. The lowest BCUT2D eigenvalue weighted by atomic mass is 10.1. The van der Waals surface area contributed by atoms with Crippen LogP contribution < -0.4 is 5.32 Å². The van der Waals surface area contributed by atoms with E-state index < -0.39 is 0 Å². The van der Waals surface area contributed by atoms with Crippen LogP contribution in [0.1, 0.15) is 16.8 Å². The van der Waals surface area contributed by atoms with E-state index >= 15 is 0 Å². The number of hydrogen-bond acceptors (Lipinski definition) is 4. The van der Waals surface area contributed by atoms with E-state index in [0.29, 0.717) is 6.54 Å². The van der Waals surface area contributed by atoms with Crippen molar-refractivity contribution in [1.82, 2.24) is 19.9 Å². The highest BCUT2D eigenvalue weighted by atomic mass is 32.1. The zero-order chi connectivity index (χ0) is 16.2. The third-order valence-electron chi connectivity index (χ3n) is 3.41. The van der Waals surface area contributed by atoms with Crippen molar-refractivity contribution < 1.29 is 4.79 Å². The van der Waals surface area contributed by atoms with Crippen molar-refractivity contribution in [3.05, 3.63) is 59.0 Å². The highest BCUT2D eigenvalue weighted by Gasteiger charge is 2.08. The van der Waals surface area contributed by atoms with Crippen molar-refractivity contribution in [2.75, 3.05) is 0 Å². The number of nitrogens with one attached hydrogen (secondary N) is 1. The minimum absolute atomic E-state index is 0.0372. The Hall–Kier alpha value is -2.47. The Morgan fingerprint density at radius 2 is 2.04 bits per heavy atom. The Labute approximate surface area is 139 Å². The number of benzene rings is 1. The van der Waals surface area contributed by atoms with Crippen LogP contribution in [0.4, 0.5) is 0 Å². The zero-order valence-corrected chi connectivity index (χ0v) is 13.9. The van der Waals surface area contributed by atoms with Crippen LogP contribution in [0.3, 0.4) is 0 Å². The molecule has 5 nitrogen and oxygen atoms in total. The first kappa shape index (κ1) is 15.4. The van der Waals surface area contributed by atoms with Gasteiger partial charge in [0.05, 0.1) is 6.33 Å². The van der Waals surface area contributed by atoms with Gasteiger partial charge in [0.25, 0.3) is 0 Å². The molecule has 6 heteroatoms. The molecule has 0 radical (unpaired) electrons. The van der Waals surface area contributed by atoms with Crippen LogP contribution in [0.2, 0.25) is 0 Å². The molecule has 0 unspecified atom stereocenters. The summed E-state index contributed by atoms with van der Waals surface area (Å²) in [6.45, 7) is 4.79. The molecule has 3 rings (SSSR count). The number of rotatable bonds is 5. The van der Waals surface area contributed by atoms with Crippen LogP contribution in [-0.2, 0) is 17.9 Å². The van der Waals surface area contributed by atoms with Gasteiger partial charge in [-0.25, -0.2) is 9.97 Å². The van der Waals surface area contributed by atoms with Gasteiger partial charge >= 0.3 is 0 Å². The topological polar surface area (TPSA) is 59.8 Å². The van der Waals surface area contributed by atoms with Crippen molar-refractivity contribution in [3.8, 4) is 10.7 Å². The van der Waals surface area contributed by atoms with Crippen molar-refractivity contribution in [2.24, 2.45) is 0 Å². The van der Waals surface area contributed by atoms with Gasteiger partial charge in [0.2, 0.25) is 5.91 Å². The number of carbonyl (C=O) groups is 1.